The Bertz CT molecular complexity index is 1350. The topological polar surface area (TPSA) is 161 Å². The Morgan fingerprint density at radius 3 is 2.17 bits per heavy atom. The molecule has 13 nitrogen and oxygen atoms in total. The lowest BCUT2D eigenvalue weighted by Crippen LogP contribution is -2.36. The Labute approximate surface area is 236 Å². The van der Waals surface area contributed by atoms with E-state index in [2.05, 4.69) is 15.4 Å². The number of hydrogen-bond donors (Lipinski definition) is 2. The highest BCUT2D eigenvalue weighted by molar-refractivity contribution is 7.89. The molecule has 2 heterocycles. The zero-order chi connectivity index (χ0) is 29.4. The van der Waals surface area contributed by atoms with Crippen LogP contribution in [0.2, 0.25) is 0 Å². The van der Waals surface area contributed by atoms with Crippen LogP contribution in [0.3, 0.4) is 0 Å². The van der Waals surface area contributed by atoms with E-state index in [4.69, 9.17) is 9.47 Å². The molecule has 0 aliphatic carbocycles. The van der Waals surface area contributed by atoms with Gasteiger partial charge in [-0.3, -0.25) is 19.7 Å². The van der Waals surface area contributed by atoms with E-state index in [0.717, 1.165) is 18.4 Å². The van der Waals surface area contributed by atoms with Gasteiger partial charge in [-0.05, 0) is 36.2 Å². The van der Waals surface area contributed by atoms with E-state index in [-0.39, 0.29) is 59.8 Å². The molecule has 1 aliphatic heterocycles. The number of ether oxygens (including phenoxy) is 3. The molecule has 0 spiro atoms. The quantitative estimate of drug-likeness (QED) is 0.393. The number of anilines is 1. The summed E-state index contributed by atoms with van der Waals surface area (Å²) < 4.78 is 42.1. The Hall–Kier alpha value is -3.37. The summed E-state index contributed by atoms with van der Waals surface area (Å²) in [6.07, 6.45) is -0.592. The average molecular weight is 597 g/mol. The number of imide groups is 1. The Balaban J connectivity index is 1.87. The largest absolute Gasteiger partial charge is 0.453 e. The maximum absolute atomic E-state index is 13.1. The van der Waals surface area contributed by atoms with Gasteiger partial charge < -0.3 is 24.4 Å². The summed E-state index contributed by atoms with van der Waals surface area (Å²) in [5.41, 5.74) is 0.899. The van der Waals surface area contributed by atoms with E-state index >= 15 is 0 Å². The van der Waals surface area contributed by atoms with E-state index in [1.54, 1.807) is 4.90 Å². The Kier molecular flexibility index (Phi) is 10.8. The van der Waals surface area contributed by atoms with Crippen molar-refractivity contribution in [3.8, 4) is 0 Å². The smallest absolute Gasteiger partial charge is 0.413 e. The first-order valence-electron chi connectivity index (χ1n) is 12.2. The van der Waals surface area contributed by atoms with Crippen molar-refractivity contribution < 1.29 is 41.8 Å². The maximum atomic E-state index is 13.1. The Morgan fingerprint density at radius 2 is 1.62 bits per heavy atom. The summed E-state index contributed by atoms with van der Waals surface area (Å²) in [6.45, 7) is 2.75. The number of nitrogens with zero attached hydrogens (tertiary/aromatic N) is 2. The molecule has 4 amide bonds. The van der Waals surface area contributed by atoms with Crippen molar-refractivity contribution in [2.45, 2.75) is 24.8 Å². The van der Waals surface area contributed by atoms with E-state index < -0.39 is 27.9 Å². The number of sulfonamides is 1. The highest BCUT2D eigenvalue weighted by atomic mass is 32.2. The molecule has 0 radical (unpaired) electrons. The molecule has 1 aliphatic rings. The summed E-state index contributed by atoms with van der Waals surface area (Å²) in [5, 5.41) is 5.02. The van der Waals surface area contributed by atoms with Crippen molar-refractivity contribution in [3.05, 3.63) is 45.8 Å². The molecule has 0 fully saturated rings. The van der Waals surface area contributed by atoms with Gasteiger partial charge in [-0.1, -0.05) is 0 Å². The first-order valence-corrected chi connectivity index (χ1v) is 14.5. The zero-order valence-corrected chi connectivity index (χ0v) is 24.3. The minimum Gasteiger partial charge on any atom is -0.453 e. The van der Waals surface area contributed by atoms with Crippen molar-refractivity contribution in [3.63, 3.8) is 0 Å². The van der Waals surface area contributed by atoms with Crippen LogP contribution in [0.15, 0.2) is 29.2 Å². The molecular formula is C25H32N4O9S2. The third-order valence-corrected chi connectivity index (χ3v) is 9.25. The van der Waals surface area contributed by atoms with Gasteiger partial charge in [-0.15, -0.1) is 11.3 Å². The molecule has 0 unspecified atom stereocenters. The van der Waals surface area contributed by atoms with Crippen molar-refractivity contribution in [2.24, 2.45) is 0 Å². The van der Waals surface area contributed by atoms with E-state index in [1.807, 2.05) is 0 Å². The molecule has 0 saturated carbocycles. The molecule has 15 heteroatoms. The van der Waals surface area contributed by atoms with Gasteiger partial charge in [0.2, 0.25) is 15.9 Å². The second-order valence-electron chi connectivity index (χ2n) is 8.71. The maximum Gasteiger partial charge on any atom is 0.413 e. The van der Waals surface area contributed by atoms with Crippen LogP contribution in [0, 0.1) is 0 Å². The average Bonchev–Trinajstić information content (AvgIpc) is 3.29. The second kappa shape index (κ2) is 13.8. The third-order valence-electron chi connectivity index (χ3n) is 6.20. The molecule has 3 rings (SSSR count). The number of nitrogens with one attached hydrogen (secondary N) is 2. The van der Waals surface area contributed by atoms with Gasteiger partial charge in [0.05, 0.1) is 37.3 Å². The highest BCUT2D eigenvalue weighted by Crippen LogP contribution is 2.37. The molecule has 40 heavy (non-hydrogen) atoms. The van der Waals surface area contributed by atoms with Crippen LogP contribution in [-0.2, 0) is 42.0 Å². The van der Waals surface area contributed by atoms with Gasteiger partial charge >= 0.3 is 6.09 Å². The second-order valence-corrected chi connectivity index (χ2v) is 11.8. The lowest BCUT2D eigenvalue weighted by Gasteiger charge is -2.25. The van der Waals surface area contributed by atoms with Crippen LogP contribution in [0.5, 0.6) is 0 Å². The molecule has 0 atom stereocenters. The zero-order valence-electron chi connectivity index (χ0n) is 22.6. The number of methoxy groups -OCH3 is 3. The van der Waals surface area contributed by atoms with Crippen molar-refractivity contribution in [2.75, 3.05) is 59.5 Å². The standard InChI is InChI=1S/C25H32N4O9S2/c1-16(30)28-10-9-19-20(15-28)39-24(21(19)23(32)27-25(33)38-4)26-22(31)17-5-7-18(8-6-17)40(34,35)29(11-13-36-2)12-14-37-3/h5-8H,9-15H2,1-4H3,(H,26,31)(H,27,32,33). The first-order chi connectivity index (χ1) is 19.0. The number of carbonyl (C=O) groups is 4. The Morgan fingerprint density at radius 1 is 1.00 bits per heavy atom. The normalized spacial score (nSPS) is 13.1. The van der Waals surface area contributed by atoms with E-state index in [9.17, 15) is 27.6 Å². The number of benzene rings is 1. The highest BCUT2D eigenvalue weighted by Gasteiger charge is 2.31. The summed E-state index contributed by atoms with van der Waals surface area (Å²) in [7, 11) is 0.193. The third kappa shape index (κ3) is 7.22. The van der Waals surface area contributed by atoms with Crippen LogP contribution in [-0.4, -0.2) is 95.6 Å². The fourth-order valence-electron chi connectivity index (χ4n) is 4.05. The molecule has 0 bridgehead atoms. The van der Waals surface area contributed by atoms with Gasteiger partial charge in [0.1, 0.15) is 5.00 Å². The molecule has 2 N–H and O–H groups in total. The predicted octanol–water partition coefficient (Wildman–Crippen LogP) is 1.68. The number of fused-ring (bicyclic) bond motifs is 1. The monoisotopic (exact) mass is 596 g/mol. The van der Waals surface area contributed by atoms with E-state index in [0.29, 0.717) is 23.4 Å². The van der Waals surface area contributed by atoms with Gasteiger partial charge in [-0.2, -0.15) is 4.31 Å². The van der Waals surface area contributed by atoms with Gasteiger partial charge in [0.15, 0.2) is 0 Å². The SMILES string of the molecule is COCCN(CCOC)S(=O)(=O)c1ccc(C(=O)Nc2sc3c(c2C(=O)NC(=O)OC)CCN(C(C)=O)C3)cc1. The molecule has 0 saturated heterocycles. The number of carbonyl (C=O) groups excluding carboxylic acids is 4. The minimum atomic E-state index is -3.88. The van der Waals surface area contributed by atoms with Gasteiger partial charge in [0.25, 0.3) is 11.8 Å². The van der Waals surface area contributed by atoms with Gasteiger partial charge in [-0.25, -0.2) is 13.2 Å². The van der Waals surface area contributed by atoms with Crippen LogP contribution in [0.1, 0.15) is 38.1 Å². The molecule has 2 aromatic rings. The molecular weight excluding hydrogens is 564 g/mol. The van der Waals surface area contributed by atoms with Crippen LogP contribution in [0.4, 0.5) is 9.80 Å². The van der Waals surface area contributed by atoms with Crippen LogP contribution < -0.4 is 10.6 Å². The predicted molar refractivity (Wildman–Crippen MR) is 146 cm³/mol. The number of hydrogen-bond acceptors (Lipinski definition) is 10. The van der Waals surface area contributed by atoms with Gasteiger partial charge in [0, 0.05) is 51.2 Å². The molecule has 1 aromatic carbocycles. The van der Waals surface area contributed by atoms with Crippen LogP contribution in [0.25, 0.3) is 0 Å². The number of alkyl carbamates (subject to hydrolysis) is 1. The summed E-state index contributed by atoms with van der Waals surface area (Å²) >= 11 is 1.13. The summed E-state index contributed by atoms with van der Waals surface area (Å²) in [6, 6.07) is 5.39. The fourth-order valence-corrected chi connectivity index (χ4v) is 6.71. The lowest BCUT2D eigenvalue weighted by atomic mass is 10.0. The van der Waals surface area contributed by atoms with Crippen molar-refractivity contribution in [1.29, 1.82) is 0 Å². The van der Waals surface area contributed by atoms with Crippen molar-refractivity contribution >= 4 is 50.2 Å². The molecule has 1 aromatic heterocycles. The van der Waals surface area contributed by atoms with Crippen LogP contribution >= 0.6 is 11.3 Å². The number of thiophene rings is 1. The fraction of sp³-hybridized carbons (Fsp3) is 0.440. The van der Waals surface area contributed by atoms with E-state index in [1.165, 1.54) is 49.7 Å². The first kappa shape index (κ1) is 31.2. The summed E-state index contributed by atoms with van der Waals surface area (Å²) in [4.78, 5) is 52.0. The lowest BCUT2D eigenvalue weighted by molar-refractivity contribution is -0.129. The number of rotatable bonds is 11. The molecule has 218 valence electrons. The minimum absolute atomic E-state index is 0.00897. The van der Waals surface area contributed by atoms with Crippen molar-refractivity contribution in [1.82, 2.24) is 14.5 Å². The number of amides is 4. The summed E-state index contributed by atoms with van der Waals surface area (Å²) in [5.74, 6) is -1.46.